The Kier molecular flexibility index (Phi) is 6.34. The predicted octanol–water partition coefficient (Wildman–Crippen LogP) is 4.87. The van der Waals surface area contributed by atoms with Crippen molar-refractivity contribution in [2.45, 2.75) is 31.2 Å². The molecule has 0 spiro atoms. The average molecular weight is 334 g/mol. The van der Waals surface area contributed by atoms with E-state index in [2.05, 4.69) is 36.5 Å². The van der Waals surface area contributed by atoms with Crippen LogP contribution < -0.4 is 5.32 Å². The van der Waals surface area contributed by atoms with Gasteiger partial charge in [-0.05, 0) is 48.7 Å². The lowest BCUT2D eigenvalue weighted by Crippen LogP contribution is -2.28. The molecule has 1 atom stereocenters. The lowest BCUT2D eigenvalue weighted by molar-refractivity contribution is -0.119. The monoisotopic (exact) mass is 333 g/mol. The van der Waals surface area contributed by atoms with Crippen LogP contribution in [0.15, 0.2) is 53.4 Å². The van der Waals surface area contributed by atoms with Crippen molar-refractivity contribution in [2.75, 3.05) is 5.75 Å². The number of thioether (sulfide) groups is 1. The summed E-state index contributed by atoms with van der Waals surface area (Å²) < 4.78 is 0. The molecule has 1 N–H and O–H groups in total. The summed E-state index contributed by atoms with van der Waals surface area (Å²) >= 11 is 7.35. The SMILES string of the molecule is CCc1ccc([C@@H](C)NC(=O)CSc2ccc(Cl)cc2)cc1. The summed E-state index contributed by atoms with van der Waals surface area (Å²) in [6.07, 6.45) is 1.03. The Balaban J connectivity index is 1.83. The van der Waals surface area contributed by atoms with E-state index in [1.54, 1.807) is 0 Å². The second-order valence-electron chi connectivity index (χ2n) is 5.13. The molecule has 0 radical (unpaired) electrons. The summed E-state index contributed by atoms with van der Waals surface area (Å²) in [6, 6.07) is 15.9. The summed E-state index contributed by atoms with van der Waals surface area (Å²) in [5.41, 5.74) is 2.43. The van der Waals surface area contributed by atoms with Gasteiger partial charge in [0.25, 0.3) is 0 Å². The lowest BCUT2D eigenvalue weighted by Gasteiger charge is -2.14. The van der Waals surface area contributed by atoms with Crippen LogP contribution in [0.2, 0.25) is 5.02 Å². The number of carbonyl (C=O) groups is 1. The van der Waals surface area contributed by atoms with Gasteiger partial charge in [-0.3, -0.25) is 4.79 Å². The van der Waals surface area contributed by atoms with Crippen LogP contribution in [-0.2, 0) is 11.2 Å². The maximum Gasteiger partial charge on any atom is 0.230 e. The van der Waals surface area contributed by atoms with Gasteiger partial charge in [-0.25, -0.2) is 0 Å². The second kappa shape index (κ2) is 8.25. The Morgan fingerprint density at radius 1 is 1.14 bits per heavy atom. The summed E-state index contributed by atoms with van der Waals surface area (Å²) in [6.45, 7) is 4.14. The van der Waals surface area contributed by atoms with Crippen molar-refractivity contribution in [2.24, 2.45) is 0 Å². The highest BCUT2D eigenvalue weighted by Gasteiger charge is 2.10. The first-order valence-corrected chi connectivity index (χ1v) is 8.71. The molecule has 0 fully saturated rings. The highest BCUT2D eigenvalue weighted by Crippen LogP contribution is 2.20. The van der Waals surface area contributed by atoms with Crippen molar-refractivity contribution >= 4 is 29.3 Å². The van der Waals surface area contributed by atoms with Gasteiger partial charge in [0.1, 0.15) is 0 Å². The largest absolute Gasteiger partial charge is 0.349 e. The van der Waals surface area contributed by atoms with Crippen molar-refractivity contribution in [3.8, 4) is 0 Å². The smallest absolute Gasteiger partial charge is 0.230 e. The number of benzene rings is 2. The number of nitrogens with one attached hydrogen (secondary N) is 1. The number of aryl methyl sites for hydroxylation is 1. The minimum Gasteiger partial charge on any atom is -0.349 e. The summed E-state index contributed by atoms with van der Waals surface area (Å²) in [5.74, 6) is 0.436. The van der Waals surface area contributed by atoms with Gasteiger partial charge >= 0.3 is 0 Å². The molecule has 0 heterocycles. The van der Waals surface area contributed by atoms with Gasteiger partial charge in [-0.15, -0.1) is 11.8 Å². The van der Waals surface area contributed by atoms with E-state index in [0.29, 0.717) is 10.8 Å². The van der Waals surface area contributed by atoms with Crippen LogP contribution in [0.1, 0.15) is 31.0 Å². The first kappa shape index (κ1) is 16.9. The Morgan fingerprint density at radius 2 is 1.77 bits per heavy atom. The molecule has 0 aliphatic rings. The van der Waals surface area contributed by atoms with Gasteiger partial charge in [-0.2, -0.15) is 0 Å². The van der Waals surface area contributed by atoms with E-state index in [1.165, 1.54) is 17.3 Å². The normalized spacial score (nSPS) is 12.0. The van der Waals surface area contributed by atoms with E-state index in [4.69, 9.17) is 11.6 Å². The van der Waals surface area contributed by atoms with Gasteiger partial charge < -0.3 is 5.32 Å². The molecule has 2 rings (SSSR count). The molecule has 0 aliphatic carbocycles. The Bertz CT molecular complexity index is 610. The van der Waals surface area contributed by atoms with Gasteiger partial charge in [0, 0.05) is 9.92 Å². The maximum absolute atomic E-state index is 12.0. The molecule has 0 saturated carbocycles. The molecule has 0 unspecified atom stereocenters. The summed E-state index contributed by atoms with van der Waals surface area (Å²) in [4.78, 5) is 13.1. The minimum absolute atomic E-state index is 0.0178. The van der Waals surface area contributed by atoms with Crippen LogP contribution in [0, 0.1) is 0 Å². The molecule has 22 heavy (non-hydrogen) atoms. The minimum atomic E-state index is 0.0178. The maximum atomic E-state index is 12.0. The van der Waals surface area contributed by atoms with Crippen LogP contribution in [0.25, 0.3) is 0 Å². The number of halogens is 1. The molecule has 0 aliphatic heterocycles. The predicted molar refractivity (Wildman–Crippen MR) is 94.6 cm³/mol. The van der Waals surface area contributed by atoms with Gasteiger partial charge in [0.15, 0.2) is 0 Å². The fourth-order valence-electron chi connectivity index (χ4n) is 2.09. The van der Waals surface area contributed by atoms with Crippen molar-refractivity contribution in [3.63, 3.8) is 0 Å². The molecule has 4 heteroatoms. The van der Waals surface area contributed by atoms with Gasteiger partial charge in [-0.1, -0.05) is 42.8 Å². The summed E-state index contributed by atoms with van der Waals surface area (Å²) in [7, 11) is 0. The summed E-state index contributed by atoms with van der Waals surface area (Å²) in [5, 5.41) is 3.74. The zero-order chi connectivity index (χ0) is 15.9. The third-order valence-electron chi connectivity index (χ3n) is 3.45. The molecule has 0 aromatic heterocycles. The topological polar surface area (TPSA) is 29.1 Å². The third-order valence-corrected chi connectivity index (χ3v) is 4.71. The zero-order valence-corrected chi connectivity index (χ0v) is 14.4. The first-order chi connectivity index (χ1) is 10.6. The number of hydrogen-bond donors (Lipinski definition) is 1. The Hall–Kier alpha value is -1.45. The van der Waals surface area contributed by atoms with Gasteiger partial charge in [0.05, 0.1) is 11.8 Å². The van der Waals surface area contributed by atoms with Crippen LogP contribution >= 0.6 is 23.4 Å². The van der Waals surface area contributed by atoms with E-state index in [0.717, 1.165) is 16.9 Å². The van der Waals surface area contributed by atoms with Crippen molar-refractivity contribution < 1.29 is 4.79 Å². The number of hydrogen-bond acceptors (Lipinski definition) is 2. The molecule has 2 aromatic carbocycles. The van der Waals surface area contributed by atoms with E-state index in [-0.39, 0.29) is 11.9 Å². The Morgan fingerprint density at radius 3 is 2.36 bits per heavy atom. The number of carbonyl (C=O) groups excluding carboxylic acids is 1. The second-order valence-corrected chi connectivity index (χ2v) is 6.61. The lowest BCUT2D eigenvalue weighted by atomic mass is 10.1. The van der Waals surface area contributed by atoms with E-state index < -0.39 is 0 Å². The van der Waals surface area contributed by atoms with Crippen LogP contribution in [-0.4, -0.2) is 11.7 Å². The highest BCUT2D eigenvalue weighted by molar-refractivity contribution is 8.00. The molecule has 2 nitrogen and oxygen atoms in total. The molecular weight excluding hydrogens is 314 g/mol. The molecule has 0 saturated heterocycles. The molecular formula is C18H20ClNOS. The quantitative estimate of drug-likeness (QED) is 0.764. The fraction of sp³-hybridized carbons (Fsp3) is 0.278. The fourth-order valence-corrected chi connectivity index (χ4v) is 2.92. The van der Waals surface area contributed by atoms with E-state index >= 15 is 0 Å². The van der Waals surface area contributed by atoms with Gasteiger partial charge in [0.2, 0.25) is 5.91 Å². The van der Waals surface area contributed by atoms with E-state index in [1.807, 2.05) is 31.2 Å². The molecule has 1 amide bonds. The van der Waals surface area contributed by atoms with Crippen molar-refractivity contribution in [3.05, 3.63) is 64.7 Å². The van der Waals surface area contributed by atoms with Crippen molar-refractivity contribution in [1.82, 2.24) is 5.32 Å². The zero-order valence-electron chi connectivity index (χ0n) is 12.8. The third kappa shape index (κ3) is 5.08. The Labute approximate surface area is 141 Å². The number of rotatable bonds is 6. The standard InChI is InChI=1S/C18H20ClNOS/c1-3-14-4-6-15(7-5-14)13(2)20-18(21)12-22-17-10-8-16(19)9-11-17/h4-11,13H,3,12H2,1-2H3,(H,20,21)/t13-/m1/s1. The van der Waals surface area contributed by atoms with E-state index in [9.17, 15) is 4.79 Å². The molecule has 116 valence electrons. The molecule has 2 aromatic rings. The van der Waals surface area contributed by atoms with Crippen LogP contribution in [0.3, 0.4) is 0 Å². The highest BCUT2D eigenvalue weighted by atomic mass is 35.5. The average Bonchev–Trinajstić information content (AvgIpc) is 2.54. The van der Waals surface area contributed by atoms with Crippen LogP contribution in [0.4, 0.5) is 0 Å². The first-order valence-electron chi connectivity index (χ1n) is 7.35. The number of amides is 1. The molecule has 0 bridgehead atoms. The van der Waals surface area contributed by atoms with Crippen molar-refractivity contribution in [1.29, 1.82) is 0 Å². The van der Waals surface area contributed by atoms with Crippen LogP contribution in [0.5, 0.6) is 0 Å².